The van der Waals surface area contributed by atoms with Crippen LogP contribution in [0.5, 0.6) is 0 Å². The van der Waals surface area contributed by atoms with Crippen molar-refractivity contribution >= 4 is 30.5 Å². The van der Waals surface area contributed by atoms with E-state index in [9.17, 15) is 0 Å². The van der Waals surface area contributed by atoms with Gasteiger partial charge in [-0.2, -0.15) is 0 Å². The zero-order valence-electron chi connectivity index (χ0n) is 11.7. The average Bonchev–Trinajstić information content (AvgIpc) is 2.51. The molecule has 0 bridgehead atoms. The van der Waals surface area contributed by atoms with Crippen LogP contribution < -0.4 is 10.7 Å². The van der Waals surface area contributed by atoms with Gasteiger partial charge in [-0.15, -0.1) is 0 Å². The van der Waals surface area contributed by atoms with E-state index in [0.29, 0.717) is 0 Å². The van der Waals surface area contributed by atoms with E-state index in [4.69, 9.17) is 0 Å². The van der Waals surface area contributed by atoms with Crippen molar-refractivity contribution in [2.75, 3.05) is 0 Å². The fraction of sp³-hybridized carbons (Fsp3) is 0. The summed E-state index contributed by atoms with van der Waals surface area (Å²) < 4.78 is 4.59. The maximum absolute atomic E-state index is 2.29. The van der Waals surface area contributed by atoms with E-state index in [0.717, 1.165) is 0 Å². The molecule has 1 radical (unpaired) electrons. The van der Waals surface area contributed by atoms with Gasteiger partial charge >= 0.3 is 121 Å². The van der Waals surface area contributed by atoms with Crippen molar-refractivity contribution in [3.05, 3.63) is 91.0 Å². The molecule has 0 saturated heterocycles. The predicted molar refractivity (Wildman–Crippen MR) is 91.2 cm³/mol. The summed E-state index contributed by atoms with van der Waals surface area (Å²) in [6.45, 7) is 0. The minimum atomic E-state index is -1.98. The topological polar surface area (TPSA) is 63.0 Å². The quantitative estimate of drug-likeness (QED) is 0.591. The van der Waals surface area contributed by atoms with Gasteiger partial charge in [-0.1, -0.05) is 0 Å². The molecular weight excluding hydrogens is 367 g/mol. The van der Waals surface area contributed by atoms with Crippen LogP contribution in [0.1, 0.15) is 0 Å². The molecule has 0 saturated carbocycles. The van der Waals surface area contributed by atoms with Crippen LogP contribution in [0.25, 0.3) is 0 Å². The molecule has 2 nitrogen and oxygen atoms in total. The third-order valence-corrected chi connectivity index (χ3v) is 11.0. The Morgan fingerprint density at radius 2 is 0.619 bits per heavy atom. The molecule has 4 N–H and O–H groups in total. The molecule has 3 aromatic rings. The molecule has 0 amide bonds. The normalized spacial score (nSPS) is 9.57. The Morgan fingerprint density at radius 3 is 0.857 bits per heavy atom. The van der Waals surface area contributed by atoms with Crippen LogP contribution in [-0.4, -0.2) is 30.7 Å². The van der Waals surface area contributed by atoms with Gasteiger partial charge < -0.3 is 11.0 Å². The van der Waals surface area contributed by atoms with Crippen molar-refractivity contribution in [3.8, 4) is 0 Å². The van der Waals surface area contributed by atoms with E-state index in [1.807, 2.05) is 0 Å². The Hall–Kier alpha value is -1.62. The molecule has 107 valence electrons. The second kappa shape index (κ2) is 8.62. The Kier molecular flexibility index (Phi) is 7.15. The minimum absolute atomic E-state index is 0. The van der Waals surface area contributed by atoms with Crippen molar-refractivity contribution in [2.24, 2.45) is 0 Å². The van der Waals surface area contributed by atoms with E-state index in [1.165, 1.54) is 10.7 Å². The van der Waals surface area contributed by atoms with Crippen molar-refractivity contribution in [1.29, 1.82) is 0 Å². The van der Waals surface area contributed by atoms with Crippen LogP contribution in [0.4, 0.5) is 0 Å². The molecule has 0 heterocycles. The zero-order chi connectivity index (χ0) is 12.9. The number of hydrogen-bond acceptors (Lipinski definition) is 0. The first kappa shape index (κ1) is 17.4. The summed E-state index contributed by atoms with van der Waals surface area (Å²) in [6, 6.07) is 32.9. The first-order valence-corrected chi connectivity index (χ1v) is 10.8. The Morgan fingerprint density at radius 1 is 0.381 bits per heavy atom. The molecule has 0 aliphatic heterocycles. The summed E-state index contributed by atoms with van der Waals surface area (Å²) >= 11 is -1.98. The Balaban J connectivity index is 0.00000110. The molecule has 0 aliphatic rings. The van der Waals surface area contributed by atoms with E-state index in [2.05, 4.69) is 91.0 Å². The monoisotopic (exact) mass is 387 g/mol. The van der Waals surface area contributed by atoms with Crippen molar-refractivity contribution in [2.45, 2.75) is 0 Å². The Bertz CT molecular complexity index is 533. The van der Waals surface area contributed by atoms with Gasteiger partial charge in [0.15, 0.2) is 0 Å². The van der Waals surface area contributed by atoms with Crippen LogP contribution in [0.3, 0.4) is 0 Å². The average molecular weight is 386 g/mol. The first-order valence-electron chi connectivity index (χ1n) is 6.48. The molecule has 3 aromatic carbocycles. The summed E-state index contributed by atoms with van der Waals surface area (Å²) in [7, 11) is 0. The fourth-order valence-corrected chi connectivity index (χ4v) is 9.67. The molecule has 0 unspecified atom stereocenters. The van der Waals surface area contributed by atoms with E-state index in [-0.39, 0.29) is 11.0 Å². The summed E-state index contributed by atoms with van der Waals surface area (Å²) in [5, 5.41) is 0. The summed E-state index contributed by atoms with van der Waals surface area (Å²) in [5.41, 5.74) is 0. The van der Waals surface area contributed by atoms with Gasteiger partial charge in [0.25, 0.3) is 0 Å². The van der Waals surface area contributed by atoms with Crippen molar-refractivity contribution in [1.82, 2.24) is 0 Å². The zero-order valence-corrected chi connectivity index (χ0v) is 14.5. The Labute approximate surface area is 132 Å². The van der Waals surface area contributed by atoms with E-state index < -0.39 is 19.8 Å². The van der Waals surface area contributed by atoms with Gasteiger partial charge in [-0.3, -0.25) is 0 Å². The second-order valence-electron chi connectivity index (χ2n) is 4.47. The number of hydrogen-bond donors (Lipinski definition) is 0. The summed E-state index contributed by atoms with van der Waals surface area (Å²) in [4.78, 5) is 0. The van der Waals surface area contributed by atoms with Crippen LogP contribution in [0, 0.1) is 0 Å². The van der Waals surface area contributed by atoms with E-state index in [1.54, 1.807) is 0 Å². The third-order valence-electron chi connectivity index (χ3n) is 3.19. The molecule has 3 rings (SSSR count). The van der Waals surface area contributed by atoms with Crippen molar-refractivity contribution < 1.29 is 11.0 Å². The molecule has 0 aromatic heterocycles. The van der Waals surface area contributed by atoms with Gasteiger partial charge in [0.1, 0.15) is 0 Å². The van der Waals surface area contributed by atoms with Crippen molar-refractivity contribution in [3.63, 3.8) is 0 Å². The number of benzene rings is 3. The molecule has 3 heteroatoms. The van der Waals surface area contributed by atoms with Gasteiger partial charge in [-0.05, 0) is 0 Å². The molecular formula is C18H19O2Sn. The van der Waals surface area contributed by atoms with Gasteiger partial charge in [-0.25, -0.2) is 0 Å². The van der Waals surface area contributed by atoms with Crippen LogP contribution in [0.2, 0.25) is 0 Å². The summed E-state index contributed by atoms with van der Waals surface area (Å²) in [6.07, 6.45) is 0. The standard InChI is InChI=1S/3C6H5.2H2O.Sn/c3*1-2-4-6-5-3-1;;;/h3*1-5H;2*1H2;. The molecule has 0 atom stereocenters. The van der Waals surface area contributed by atoms with Crippen LogP contribution in [-0.2, 0) is 0 Å². The fourth-order valence-electron chi connectivity index (χ4n) is 2.31. The molecule has 0 fully saturated rings. The van der Waals surface area contributed by atoms with Gasteiger partial charge in [0.2, 0.25) is 0 Å². The first-order chi connectivity index (χ1) is 9.45. The van der Waals surface area contributed by atoms with Gasteiger partial charge in [0.05, 0.1) is 0 Å². The maximum atomic E-state index is 2.29. The summed E-state index contributed by atoms with van der Waals surface area (Å²) in [5.74, 6) is 0. The third kappa shape index (κ3) is 4.17. The van der Waals surface area contributed by atoms with Gasteiger partial charge in [0, 0.05) is 0 Å². The molecule has 0 spiro atoms. The predicted octanol–water partition coefficient (Wildman–Crippen LogP) is 0.553. The second-order valence-corrected chi connectivity index (χ2v) is 11.6. The SMILES string of the molecule is O.O.c1cc[c]([Sn]([c]2ccccc2)[c]2ccccc2)cc1. The van der Waals surface area contributed by atoms with Crippen LogP contribution in [0.15, 0.2) is 91.0 Å². The molecule has 0 aliphatic carbocycles. The number of rotatable bonds is 3. The van der Waals surface area contributed by atoms with Crippen LogP contribution >= 0.6 is 0 Å². The molecule has 21 heavy (non-hydrogen) atoms. The van der Waals surface area contributed by atoms with E-state index >= 15 is 0 Å².